The smallest absolute Gasteiger partial charge is 0.270 e. The number of rotatable bonds is 5. The van der Waals surface area contributed by atoms with Crippen LogP contribution in [0.25, 0.3) is 0 Å². The summed E-state index contributed by atoms with van der Waals surface area (Å²) in [5, 5.41) is 5.20. The molecule has 0 atom stereocenters. The molecule has 8 heteroatoms. The van der Waals surface area contributed by atoms with Gasteiger partial charge >= 0.3 is 0 Å². The fraction of sp³-hybridized carbons (Fsp3) is 0.267. The van der Waals surface area contributed by atoms with E-state index in [4.69, 9.17) is 5.73 Å². The third-order valence-electron chi connectivity index (χ3n) is 3.51. The Labute approximate surface area is 144 Å². The van der Waals surface area contributed by atoms with Gasteiger partial charge in [-0.05, 0) is 11.6 Å². The number of nitrogens with one attached hydrogen (secondary N) is 1. The molecule has 3 N–H and O–H groups in total. The zero-order chi connectivity index (χ0) is 15.5. The lowest BCUT2D eigenvalue weighted by atomic mass is 10.2. The van der Waals surface area contributed by atoms with Gasteiger partial charge in [0.1, 0.15) is 10.7 Å². The summed E-state index contributed by atoms with van der Waals surface area (Å²) in [6.45, 7) is 1.17. The summed E-state index contributed by atoms with van der Waals surface area (Å²) in [4.78, 5) is 29.8. The molecule has 122 valence electrons. The first-order chi connectivity index (χ1) is 10.7. The number of hydrogen-bond acceptors (Lipinski definition) is 5. The molecule has 3 rings (SSSR count). The molecule has 2 heterocycles. The average Bonchev–Trinajstić information content (AvgIpc) is 3.12. The molecule has 0 saturated carbocycles. The molecule has 0 unspecified atom stereocenters. The largest absolute Gasteiger partial charge is 0.349 e. The van der Waals surface area contributed by atoms with Gasteiger partial charge in [0.2, 0.25) is 5.91 Å². The minimum absolute atomic E-state index is 0. The van der Waals surface area contributed by atoms with Gasteiger partial charge in [0.25, 0.3) is 5.91 Å². The number of nitrogens with two attached hydrogens (primary N) is 1. The van der Waals surface area contributed by atoms with Crippen molar-refractivity contribution in [3.63, 3.8) is 0 Å². The standard InChI is InChI=1S/C15H16N4O2S.ClH/c16-8-13-18-11(9-22-13)15(21)17-5-6-19-12-4-2-1-3-10(12)7-14(19)20;/h1-4,9H,5-8,16H2,(H,17,21);1H. The van der Waals surface area contributed by atoms with Crippen molar-refractivity contribution in [3.05, 3.63) is 45.9 Å². The van der Waals surface area contributed by atoms with Crippen LogP contribution >= 0.6 is 23.7 Å². The van der Waals surface area contributed by atoms with Crippen molar-refractivity contribution in [2.75, 3.05) is 18.0 Å². The van der Waals surface area contributed by atoms with Crippen LogP contribution in [-0.4, -0.2) is 29.9 Å². The molecule has 2 aromatic rings. The van der Waals surface area contributed by atoms with Gasteiger partial charge in [-0.3, -0.25) is 9.59 Å². The van der Waals surface area contributed by atoms with E-state index in [9.17, 15) is 9.59 Å². The topological polar surface area (TPSA) is 88.3 Å². The second-order valence-electron chi connectivity index (χ2n) is 4.94. The Bertz CT molecular complexity index is 719. The highest BCUT2D eigenvalue weighted by molar-refractivity contribution is 7.09. The summed E-state index contributed by atoms with van der Waals surface area (Å²) >= 11 is 1.37. The maximum Gasteiger partial charge on any atom is 0.270 e. The first kappa shape index (κ1) is 17.4. The van der Waals surface area contributed by atoms with E-state index in [1.807, 2.05) is 24.3 Å². The Morgan fingerprint density at radius 3 is 2.91 bits per heavy atom. The van der Waals surface area contributed by atoms with Crippen molar-refractivity contribution in [2.45, 2.75) is 13.0 Å². The van der Waals surface area contributed by atoms with Crippen LogP contribution in [0.1, 0.15) is 21.1 Å². The number of carbonyl (C=O) groups excluding carboxylic acids is 2. The Morgan fingerprint density at radius 2 is 2.17 bits per heavy atom. The summed E-state index contributed by atoms with van der Waals surface area (Å²) in [5.41, 5.74) is 7.82. The number of fused-ring (bicyclic) bond motifs is 1. The quantitative estimate of drug-likeness (QED) is 0.850. The van der Waals surface area contributed by atoms with Crippen molar-refractivity contribution in [2.24, 2.45) is 5.73 Å². The predicted octanol–water partition coefficient (Wildman–Crippen LogP) is 1.34. The number of amides is 2. The molecule has 0 fully saturated rings. The van der Waals surface area contributed by atoms with Crippen LogP contribution in [0.4, 0.5) is 5.69 Å². The van der Waals surface area contributed by atoms with Crippen molar-refractivity contribution >= 4 is 41.2 Å². The highest BCUT2D eigenvalue weighted by atomic mass is 35.5. The fourth-order valence-electron chi connectivity index (χ4n) is 2.44. The highest BCUT2D eigenvalue weighted by Gasteiger charge is 2.26. The van der Waals surface area contributed by atoms with E-state index in [0.717, 1.165) is 16.3 Å². The lowest BCUT2D eigenvalue weighted by Crippen LogP contribution is -2.36. The van der Waals surface area contributed by atoms with Gasteiger partial charge < -0.3 is 16.0 Å². The number of halogens is 1. The molecule has 0 saturated heterocycles. The SMILES string of the molecule is Cl.NCc1nc(C(=O)NCCN2C(=O)Cc3ccccc32)cs1. The number of aromatic nitrogens is 1. The van der Waals surface area contributed by atoms with Crippen LogP contribution < -0.4 is 16.0 Å². The van der Waals surface area contributed by atoms with Crippen molar-refractivity contribution in [1.82, 2.24) is 10.3 Å². The van der Waals surface area contributed by atoms with Gasteiger partial charge in [-0.1, -0.05) is 18.2 Å². The number of para-hydroxylation sites is 1. The normalized spacial score (nSPS) is 12.7. The lowest BCUT2D eigenvalue weighted by molar-refractivity contribution is -0.117. The van der Waals surface area contributed by atoms with Crippen LogP contribution in [0, 0.1) is 0 Å². The molecule has 1 aromatic heterocycles. The number of hydrogen-bond donors (Lipinski definition) is 2. The monoisotopic (exact) mass is 352 g/mol. The molecule has 0 radical (unpaired) electrons. The van der Waals surface area contributed by atoms with Crippen LogP contribution in [0.5, 0.6) is 0 Å². The highest BCUT2D eigenvalue weighted by Crippen LogP contribution is 2.27. The number of nitrogens with zero attached hydrogens (tertiary/aromatic N) is 2. The molecular weight excluding hydrogens is 336 g/mol. The predicted molar refractivity (Wildman–Crippen MR) is 92.1 cm³/mol. The Balaban J connectivity index is 0.00000192. The first-order valence-corrected chi connectivity index (χ1v) is 7.88. The zero-order valence-electron chi connectivity index (χ0n) is 12.3. The molecule has 0 spiro atoms. The van der Waals surface area contributed by atoms with Gasteiger partial charge in [-0.15, -0.1) is 23.7 Å². The number of anilines is 1. The molecule has 2 amide bonds. The van der Waals surface area contributed by atoms with Crippen LogP contribution in [0.3, 0.4) is 0 Å². The van der Waals surface area contributed by atoms with E-state index < -0.39 is 0 Å². The van der Waals surface area contributed by atoms with Crippen LogP contribution in [-0.2, 0) is 17.8 Å². The van der Waals surface area contributed by atoms with E-state index in [2.05, 4.69) is 10.3 Å². The van der Waals surface area contributed by atoms with Crippen molar-refractivity contribution < 1.29 is 9.59 Å². The maximum atomic E-state index is 12.0. The second-order valence-corrected chi connectivity index (χ2v) is 5.88. The summed E-state index contributed by atoms with van der Waals surface area (Å²) < 4.78 is 0. The van der Waals surface area contributed by atoms with Crippen LogP contribution in [0.15, 0.2) is 29.6 Å². The second kappa shape index (κ2) is 7.54. The van der Waals surface area contributed by atoms with Gasteiger partial charge in [-0.25, -0.2) is 4.98 Å². The zero-order valence-corrected chi connectivity index (χ0v) is 14.0. The lowest BCUT2D eigenvalue weighted by Gasteiger charge is -2.17. The number of thiazole rings is 1. The minimum Gasteiger partial charge on any atom is -0.349 e. The summed E-state index contributed by atoms with van der Waals surface area (Å²) in [7, 11) is 0. The van der Waals surface area contributed by atoms with Gasteiger partial charge in [-0.2, -0.15) is 0 Å². The third-order valence-corrected chi connectivity index (χ3v) is 4.38. The number of carbonyl (C=O) groups is 2. The molecule has 0 aliphatic carbocycles. The average molecular weight is 353 g/mol. The molecule has 0 bridgehead atoms. The van der Waals surface area contributed by atoms with Gasteiger partial charge in [0.15, 0.2) is 0 Å². The molecule has 6 nitrogen and oxygen atoms in total. The third kappa shape index (κ3) is 3.69. The summed E-state index contributed by atoms with van der Waals surface area (Å²) in [5.74, 6) is -0.176. The van der Waals surface area contributed by atoms with E-state index in [0.29, 0.717) is 31.7 Å². The maximum absolute atomic E-state index is 12.0. The first-order valence-electron chi connectivity index (χ1n) is 7.00. The van der Waals surface area contributed by atoms with E-state index in [1.165, 1.54) is 11.3 Å². The molecule has 1 aliphatic rings. The van der Waals surface area contributed by atoms with Crippen molar-refractivity contribution in [3.8, 4) is 0 Å². The molecular formula is C15H17ClN4O2S. The summed E-state index contributed by atoms with van der Waals surface area (Å²) in [6, 6.07) is 7.72. The van der Waals surface area contributed by atoms with Crippen LogP contribution in [0.2, 0.25) is 0 Å². The van der Waals surface area contributed by atoms with Gasteiger partial charge in [0, 0.05) is 30.7 Å². The van der Waals surface area contributed by atoms with Crippen molar-refractivity contribution in [1.29, 1.82) is 0 Å². The fourth-order valence-corrected chi connectivity index (χ4v) is 3.10. The molecule has 23 heavy (non-hydrogen) atoms. The Kier molecular flexibility index (Phi) is 5.70. The summed E-state index contributed by atoms with van der Waals surface area (Å²) in [6.07, 6.45) is 0.427. The number of benzene rings is 1. The molecule has 1 aromatic carbocycles. The minimum atomic E-state index is -0.240. The molecule has 1 aliphatic heterocycles. The van der Waals surface area contributed by atoms with Gasteiger partial charge in [0.05, 0.1) is 6.42 Å². The van der Waals surface area contributed by atoms with E-state index in [-0.39, 0.29) is 24.2 Å². The Hall–Kier alpha value is -1.96. The van der Waals surface area contributed by atoms with E-state index >= 15 is 0 Å². The van der Waals surface area contributed by atoms with E-state index in [1.54, 1.807) is 10.3 Å². The Morgan fingerprint density at radius 1 is 1.39 bits per heavy atom.